The van der Waals surface area contributed by atoms with E-state index in [1.54, 1.807) is 4.90 Å². The Bertz CT molecular complexity index is 645. The van der Waals surface area contributed by atoms with Gasteiger partial charge in [0.25, 0.3) is 0 Å². The van der Waals surface area contributed by atoms with Gasteiger partial charge in [0.05, 0.1) is 18.8 Å². The van der Waals surface area contributed by atoms with E-state index in [0.717, 1.165) is 12.8 Å². The van der Waals surface area contributed by atoms with Crippen LogP contribution in [0.1, 0.15) is 59.3 Å². The van der Waals surface area contributed by atoms with Crippen molar-refractivity contribution >= 4 is 12.0 Å². The topological polar surface area (TPSA) is 119 Å². The average Bonchev–Trinajstić information content (AvgIpc) is 3.14. The summed E-state index contributed by atoms with van der Waals surface area (Å²) in [4.78, 5) is 26.7. The average molecular weight is 427 g/mol. The highest BCUT2D eigenvalue weighted by Gasteiger charge is 2.60. The molecular formula is C22H38N2O6. The summed E-state index contributed by atoms with van der Waals surface area (Å²) < 4.78 is 5.69. The van der Waals surface area contributed by atoms with Crippen LogP contribution in [-0.4, -0.2) is 76.8 Å². The molecule has 4 N–H and O–H groups in total. The van der Waals surface area contributed by atoms with Crippen molar-refractivity contribution in [2.45, 2.75) is 77.6 Å². The number of likely N-dealkylation sites (tertiary alicyclic amines) is 1. The monoisotopic (exact) mass is 426 g/mol. The molecule has 1 saturated heterocycles. The normalized spacial score (nSPS) is 41.3. The largest absolute Gasteiger partial charge is 0.446 e. The summed E-state index contributed by atoms with van der Waals surface area (Å²) in [6, 6.07) is 0. The molecular weight excluding hydrogens is 388 g/mol. The van der Waals surface area contributed by atoms with E-state index in [4.69, 9.17) is 4.74 Å². The Morgan fingerprint density at radius 1 is 1.17 bits per heavy atom. The number of alkyl carbamates (subject to hydrolysis) is 1. The molecule has 3 rings (SSSR count). The number of fused-ring (bicyclic) bond motifs is 1. The Hall–Kier alpha value is -1.38. The number of carbonyl (C=O) groups excluding carboxylic acids is 2. The highest BCUT2D eigenvalue weighted by molar-refractivity contribution is 5.77. The van der Waals surface area contributed by atoms with Gasteiger partial charge in [-0.05, 0) is 56.3 Å². The molecule has 0 aromatic carbocycles. The molecule has 30 heavy (non-hydrogen) atoms. The van der Waals surface area contributed by atoms with E-state index in [1.165, 1.54) is 0 Å². The first-order valence-corrected chi connectivity index (χ1v) is 11.3. The van der Waals surface area contributed by atoms with E-state index in [9.17, 15) is 24.9 Å². The van der Waals surface area contributed by atoms with Crippen molar-refractivity contribution in [3.05, 3.63) is 0 Å². The van der Waals surface area contributed by atoms with Crippen LogP contribution in [0.4, 0.5) is 4.79 Å². The molecule has 2 saturated carbocycles. The zero-order valence-corrected chi connectivity index (χ0v) is 18.5. The van der Waals surface area contributed by atoms with Gasteiger partial charge in [-0.25, -0.2) is 4.79 Å². The molecule has 2 aliphatic carbocycles. The van der Waals surface area contributed by atoms with Crippen LogP contribution in [0.15, 0.2) is 0 Å². The van der Waals surface area contributed by atoms with Crippen LogP contribution in [-0.2, 0) is 9.53 Å². The summed E-state index contributed by atoms with van der Waals surface area (Å²) in [6.07, 6.45) is 1.50. The second kappa shape index (κ2) is 9.01. The lowest BCUT2D eigenvalue weighted by Crippen LogP contribution is -2.61. The summed E-state index contributed by atoms with van der Waals surface area (Å²) >= 11 is 0. The van der Waals surface area contributed by atoms with Gasteiger partial charge in [-0.2, -0.15) is 0 Å². The van der Waals surface area contributed by atoms with Crippen molar-refractivity contribution in [1.29, 1.82) is 0 Å². The standard InChI is InChI=1S/C22H38N2O6/c1-4-23-20(29)30-18-7-9-21(2)15(11-19(28)24-10-8-14(26)12-24)16(27)5-6-17(21)22(18,3)13-25/h14-18,25-27H,4-13H2,1-3H3,(H,23,29)/t14-,15-,16-,17-,18-,21+,22+/m1/s1. The van der Waals surface area contributed by atoms with E-state index < -0.39 is 29.8 Å². The highest BCUT2D eigenvalue weighted by atomic mass is 16.6. The van der Waals surface area contributed by atoms with E-state index in [1.807, 2.05) is 13.8 Å². The van der Waals surface area contributed by atoms with Crippen LogP contribution in [0, 0.1) is 22.7 Å². The van der Waals surface area contributed by atoms with E-state index in [-0.39, 0.29) is 36.2 Å². The predicted molar refractivity (Wildman–Crippen MR) is 111 cm³/mol. The highest BCUT2D eigenvalue weighted by Crippen LogP contribution is 2.61. The first kappa shape index (κ1) is 23.3. The molecule has 0 aromatic rings. The van der Waals surface area contributed by atoms with Gasteiger partial charge < -0.3 is 30.3 Å². The van der Waals surface area contributed by atoms with Gasteiger partial charge in [0, 0.05) is 31.5 Å². The zero-order chi connectivity index (χ0) is 22.1. The molecule has 0 spiro atoms. The third kappa shape index (κ3) is 4.18. The molecule has 2 amide bonds. The lowest BCUT2D eigenvalue weighted by molar-refractivity contribution is -0.187. The number of rotatable bonds is 5. The quantitative estimate of drug-likeness (QED) is 0.526. The Morgan fingerprint density at radius 2 is 1.90 bits per heavy atom. The summed E-state index contributed by atoms with van der Waals surface area (Å²) in [7, 11) is 0. The molecule has 3 fully saturated rings. The number of hydrogen-bond donors (Lipinski definition) is 4. The molecule has 0 unspecified atom stereocenters. The van der Waals surface area contributed by atoms with E-state index in [0.29, 0.717) is 38.9 Å². The molecule has 8 heteroatoms. The summed E-state index contributed by atoms with van der Waals surface area (Å²) in [5.74, 6) is -0.227. The smallest absolute Gasteiger partial charge is 0.407 e. The minimum Gasteiger partial charge on any atom is -0.446 e. The van der Waals surface area contributed by atoms with Gasteiger partial charge in [0.1, 0.15) is 6.10 Å². The summed E-state index contributed by atoms with van der Waals surface area (Å²) in [5.41, 5.74) is -0.979. The number of amides is 2. The molecule has 0 bridgehead atoms. The number of hydrogen-bond acceptors (Lipinski definition) is 6. The zero-order valence-electron chi connectivity index (χ0n) is 18.5. The predicted octanol–water partition coefficient (Wildman–Crippen LogP) is 1.27. The maximum absolute atomic E-state index is 12.9. The van der Waals surface area contributed by atoms with Gasteiger partial charge in [0.15, 0.2) is 0 Å². The number of carbonyl (C=O) groups is 2. The van der Waals surface area contributed by atoms with Gasteiger partial charge in [-0.3, -0.25) is 4.79 Å². The molecule has 7 atom stereocenters. The Balaban J connectivity index is 1.80. The number of nitrogens with one attached hydrogen (secondary N) is 1. The van der Waals surface area contributed by atoms with Crippen LogP contribution < -0.4 is 5.32 Å². The first-order chi connectivity index (χ1) is 14.2. The van der Waals surface area contributed by atoms with Crippen molar-refractivity contribution < 1.29 is 29.6 Å². The molecule has 172 valence electrons. The molecule has 1 heterocycles. The van der Waals surface area contributed by atoms with Gasteiger partial charge in [-0.15, -0.1) is 0 Å². The number of aliphatic hydroxyl groups excluding tert-OH is 3. The van der Waals surface area contributed by atoms with Crippen molar-refractivity contribution in [2.24, 2.45) is 22.7 Å². The molecule has 0 aromatic heterocycles. The lowest BCUT2D eigenvalue weighted by atomic mass is 9.46. The number of ether oxygens (including phenoxy) is 1. The van der Waals surface area contributed by atoms with Crippen molar-refractivity contribution in [3.8, 4) is 0 Å². The summed E-state index contributed by atoms with van der Waals surface area (Å²) in [5, 5.41) is 33.7. The second-order valence-electron chi connectivity index (χ2n) is 9.92. The SMILES string of the molecule is CCNC(=O)O[C@@H]1CC[C@]2(C)[C@@H](CC[C@@H](O)[C@H]2CC(=O)N2CC[C@@H](O)C2)[C@]1(C)CO. The van der Waals surface area contributed by atoms with Crippen LogP contribution in [0.2, 0.25) is 0 Å². The molecule has 3 aliphatic rings. The molecule has 0 radical (unpaired) electrons. The van der Waals surface area contributed by atoms with Crippen molar-refractivity contribution in [2.75, 3.05) is 26.2 Å². The molecule has 1 aliphatic heterocycles. The van der Waals surface area contributed by atoms with Crippen LogP contribution in [0.3, 0.4) is 0 Å². The third-order valence-electron chi connectivity index (χ3n) is 8.16. The maximum atomic E-state index is 12.9. The van der Waals surface area contributed by atoms with Crippen LogP contribution >= 0.6 is 0 Å². The van der Waals surface area contributed by atoms with E-state index in [2.05, 4.69) is 12.2 Å². The molecule has 8 nitrogen and oxygen atoms in total. The second-order valence-corrected chi connectivity index (χ2v) is 9.92. The minimum absolute atomic E-state index is 0.0218. The van der Waals surface area contributed by atoms with Crippen molar-refractivity contribution in [3.63, 3.8) is 0 Å². The fraction of sp³-hybridized carbons (Fsp3) is 0.909. The van der Waals surface area contributed by atoms with Crippen LogP contribution in [0.5, 0.6) is 0 Å². The fourth-order valence-corrected chi connectivity index (χ4v) is 6.38. The number of β-amino-alcohol motifs (C(OH)–C–C–N with tert-alkyl or cyclic N) is 1. The Morgan fingerprint density at radius 3 is 2.50 bits per heavy atom. The lowest BCUT2D eigenvalue weighted by Gasteiger charge is -2.60. The number of nitrogens with zero attached hydrogens (tertiary/aromatic N) is 1. The van der Waals surface area contributed by atoms with Crippen LogP contribution in [0.25, 0.3) is 0 Å². The van der Waals surface area contributed by atoms with Gasteiger partial charge in [-0.1, -0.05) is 13.8 Å². The fourth-order valence-electron chi connectivity index (χ4n) is 6.38. The minimum atomic E-state index is -0.636. The van der Waals surface area contributed by atoms with Gasteiger partial charge >= 0.3 is 6.09 Å². The van der Waals surface area contributed by atoms with Gasteiger partial charge in [0.2, 0.25) is 5.91 Å². The number of aliphatic hydroxyl groups is 3. The van der Waals surface area contributed by atoms with E-state index >= 15 is 0 Å². The third-order valence-corrected chi connectivity index (χ3v) is 8.16. The van der Waals surface area contributed by atoms with Crippen molar-refractivity contribution in [1.82, 2.24) is 10.2 Å². The summed E-state index contributed by atoms with van der Waals surface area (Å²) in [6.45, 7) is 7.18. The Labute approximate surface area is 179 Å². The Kier molecular flexibility index (Phi) is 6.99. The first-order valence-electron chi connectivity index (χ1n) is 11.3. The maximum Gasteiger partial charge on any atom is 0.407 e.